The summed E-state index contributed by atoms with van der Waals surface area (Å²) in [5.41, 5.74) is 0. The van der Waals surface area contributed by atoms with Gasteiger partial charge in [-0.3, -0.25) is 0 Å². The maximum Gasteiger partial charge on any atom is 0.315 e. The zero-order valence-corrected chi connectivity index (χ0v) is 7.52. The first kappa shape index (κ1) is 9.32. The van der Waals surface area contributed by atoms with Crippen LogP contribution < -0.4 is 16.0 Å². The van der Waals surface area contributed by atoms with Gasteiger partial charge in [-0.25, -0.2) is 4.79 Å². The molecule has 0 aliphatic heterocycles. The zero-order valence-electron chi connectivity index (χ0n) is 7.52. The van der Waals surface area contributed by atoms with E-state index >= 15 is 0 Å². The highest BCUT2D eigenvalue weighted by Crippen LogP contribution is 2.17. The smallest absolute Gasteiger partial charge is 0.315 e. The lowest BCUT2D eigenvalue weighted by Gasteiger charge is -2.26. The fourth-order valence-corrected chi connectivity index (χ4v) is 1.09. The number of amides is 2. The van der Waals surface area contributed by atoms with Crippen molar-refractivity contribution in [2.45, 2.75) is 25.3 Å². The molecule has 0 unspecified atom stereocenters. The van der Waals surface area contributed by atoms with Crippen LogP contribution in [0.25, 0.3) is 0 Å². The van der Waals surface area contributed by atoms with Gasteiger partial charge in [0.25, 0.3) is 0 Å². The van der Waals surface area contributed by atoms with Gasteiger partial charge in [0.2, 0.25) is 0 Å². The highest BCUT2D eigenvalue weighted by atomic mass is 16.2. The molecule has 4 heteroatoms. The summed E-state index contributed by atoms with van der Waals surface area (Å²) in [6.07, 6.45) is 3.53. The summed E-state index contributed by atoms with van der Waals surface area (Å²) in [6.45, 7) is 1.51. The van der Waals surface area contributed by atoms with Gasteiger partial charge in [0.1, 0.15) is 0 Å². The average Bonchev–Trinajstić information content (AvgIpc) is 1.98. The van der Waals surface area contributed by atoms with Gasteiger partial charge in [0.15, 0.2) is 0 Å². The number of likely N-dealkylation sites (N-methyl/N-ethyl adjacent to an activating group) is 1. The van der Waals surface area contributed by atoms with Crippen molar-refractivity contribution in [1.29, 1.82) is 0 Å². The van der Waals surface area contributed by atoms with Gasteiger partial charge in [-0.15, -0.1) is 0 Å². The van der Waals surface area contributed by atoms with Crippen molar-refractivity contribution in [2.75, 3.05) is 20.1 Å². The molecule has 2 amide bonds. The van der Waals surface area contributed by atoms with Crippen LogP contribution in [0, 0.1) is 0 Å². The van der Waals surface area contributed by atoms with E-state index in [-0.39, 0.29) is 6.03 Å². The molecule has 4 nitrogen and oxygen atoms in total. The lowest BCUT2D eigenvalue weighted by Crippen LogP contribution is -2.46. The van der Waals surface area contributed by atoms with Crippen LogP contribution in [-0.4, -0.2) is 32.2 Å². The van der Waals surface area contributed by atoms with Gasteiger partial charge in [0.05, 0.1) is 0 Å². The number of nitrogens with one attached hydrogen (secondary N) is 3. The molecule has 1 saturated carbocycles. The fraction of sp³-hybridized carbons (Fsp3) is 0.875. The van der Waals surface area contributed by atoms with Crippen LogP contribution in [0.4, 0.5) is 4.79 Å². The average molecular weight is 171 g/mol. The second kappa shape index (κ2) is 4.98. The lowest BCUT2D eigenvalue weighted by molar-refractivity contribution is 0.228. The largest absolute Gasteiger partial charge is 0.337 e. The predicted octanol–water partition coefficient (Wildman–Crippen LogP) is 0.0575. The molecule has 1 fully saturated rings. The fourth-order valence-electron chi connectivity index (χ4n) is 1.09. The number of hydrogen-bond donors (Lipinski definition) is 3. The van der Waals surface area contributed by atoms with Crippen molar-refractivity contribution in [3.63, 3.8) is 0 Å². The van der Waals surface area contributed by atoms with Gasteiger partial charge in [-0.2, -0.15) is 0 Å². The second-order valence-corrected chi connectivity index (χ2v) is 3.13. The SMILES string of the molecule is CNCCNC(=O)NC1CCC1. The monoisotopic (exact) mass is 171 g/mol. The van der Waals surface area contributed by atoms with Crippen LogP contribution >= 0.6 is 0 Å². The zero-order chi connectivity index (χ0) is 8.81. The Hall–Kier alpha value is -0.770. The molecule has 0 radical (unpaired) electrons. The second-order valence-electron chi connectivity index (χ2n) is 3.13. The van der Waals surface area contributed by atoms with Crippen LogP contribution in [0.2, 0.25) is 0 Å². The molecular weight excluding hydrogens is 154 g/mol. The predicted molar refractivity (Wildman–Crippen MR) is 48.1 cm³/mol. The van der Waals surface area contributed by atoms with Gasteiger partial charge < -0.3 is 16.0 Å². The molecule has 3 N–H and O–H groups in total. The Kier molecular flexibility index (Phi) is 3.87. The van der Waals surface area contributed by atoms with Crippen molar-refractivity contribution in [2.24, 2.45) is 0 Å². The third-order valence-corrected chi connectivity index (χ3v) is 2.10. The highest BCUT2D eigenvalue weighted by molar-refractivity contribution is 5.74. The van der Waals surface area contributed by atoms with Gasteiger partial charge in [0, 0.05) is 19.1 Å². The Morgan fingerprint density at radius 1 is 1.42 bits per heavy atom. The van der Waals surface area contributed by atoms with E-state index in [0.717, 1.165) is 19.4 Å². The first-order valence-electron chi connectivity index (χ1n) is 4.52. The molecule has 1 aliphatic carbocycles. The Morgan fingerprint density at radius 2 is 2.17 bits per heavy atom. The van der Waals surface area contributed by atoms with Crippen LogP contribution in [0.1, 0.15) is 19.3 Å². The lowest BCUT2D eigenvalue weighted by atomic mass is 9.93. The number of hydrogen-bond acceptors (Lipinski definition) is 2. The third kappa shape index (κ3) is 3.09. The van der Waals surface area contributed by atoms with Crippen molar-refractivity contribution in [3.8, 4) is 0 Å². The number of urea groups is 1. The molecule has 1 aliphatic rings. The van der Waals surface area contributed by atoms with Crippen molar-refractivity contribution < 1.29 is 4.79 Å². The molecule has 0 aromatic rings. The normalized spacial score (nSPS) is 16.8. The molecule has 0 aromatic carbocycles. The summed E-state index contributed by atoms with van der Waals surface area (Å²) in [4.78, 5) is 11.1. The third-order valence-electron chi connectivity index (χ3n) is 2.10. The van der Waals surface area contributed by atoms with E-state index in [1.165, 1.54) is 6.42 Å². The van der Waals surface area contributed by atoms with E-state index in [1.807, 2.05) is 7.05 Å². The summed E-state index contributed by atoms with van der Waals surface area (Å²) in [7, 11) is 1.87. The minimum atomic E-state index is -0.0325. The topological polar surface area (TPSA) is 53.2 Å². The van der Waals surface area contributed by atoms with Crippen molar-refractivity contribution in [3.05, 3.63) is 0 Å². The maximum atomic E-state index is 11.1. The summed E-state index contributed by atoms with van der Waals surface area (Å²) in [5.74, 6) is 0. The standard InChI is InChI=1S/C8H17N3O/c1-9-5-6-10-8(12)11-7-3-2-4-7/h7,9H,2-6H2,1H3,(H2,10,11,12). The van der Waals surface area contributed by atoms with Gasteiger partial charge in [-0.05, 0) is 26.3 Å². The van der Waals surface area contributed by atoms with Crippen LogP contribution in [0.15, 0.2) is 0 Å². The van der Waals surface area contributed by atoms with Gasteiger partial charge >= 0.3 is 6.03 Å². The van der Waals surface area contributed by atoms with E-state index in [4.69, 9.17) is 0 Å². The number of carbonyl (C=O) groups excluding carboxylic acids is 1. The van der Waals surface area contributed by atoms with E-state index in [0.29, 0.717) is 12.6 Å². The highest BCUT2D eigenvalue weighted by Gasteiger charge is 2.18. The van der Waals surface area contributed by atoms with Gasteiger partial charge in [-0.1, -0.05) is 0 Å². The minimum absolute atomic E-state index is 0.0325. The molecule has 0 heterocycles. The van der Waals surface area contributed by atoms with E-state index in [9.17, 15) is 4.79 Å². The summed E-state index contributed by atoms with van der Waals surface area (Å²) < 4.78 is 0. The Bertz CT molecular complexity index is 145. The van der Waals surface area contributed by atoms with E-state index in [1.54, 1.807) is 0 Å². The van der Waals surface area contributed by atoms with E-state index < -0.39 is 0 Å². The first-order chi connectivity index (χ1) is 5.83. The number of carbonyl (C=O) groups is 1. The molecule has 0 saturated heterocycles. The Labute approximate surface area is 73.1 Å². The van der Waals surface area contributed by atoms with Crippen LogP contribution in [-0.2, 0) is 0 Å². The molecular formula is C8H17N3O. The molecule has 0 bridgehead atoms. The molecule has 0 aromatic heterocycles. The molecule has 0 spiro atoms. The summed E-state index contributed by atoms with van der Waals surface area (Å²) >= 11 is 0. The minimum Gasteiger partial charge on any atom is -0.337 e. The Morgan fingerprint density at radius 3 is 2.67 bits per heavy atom. The summed E-state index contributed by atoms with van der Waals surface area (Å²) in [6, 6.07) is 0.398. The quantitative estimate of drug-likeness (QED) is 0.524. The molecule has 12 heavy (non-hydrogen) atoms. The summed E-state index contributed by atoms with van der Waals surface area (Å²) in [5, 5.41) is 8.63. The first-order valence-corrected chi connectivity index (χ1v) is 4.52. The van der Waals surface area contributed by atoms with Crippen molar-refractivity contribution in [1.82, 2.24) is 16.0 Å². The van der Waals surface area contributed by atoms with Crippen LogP contribution in [0.5, 0.6) is 0 Å². The van der Waals surface area contributed by atoms with E-state index in [2.05, 4.69) is 16.0 Å². The van der Waals surface area contributed by atoms with Crippen LogP contribution in [0.3, 0.4) is 0 Å². The molecule has 70 valence electrons. The molecule has 0 atom stereocenters. The maximum absolute atomic E-state index is 11.1. The number of rotatable bonds is 4. The Balaban J connectivity index is 1.95. The molecule has 1 rings (SSSR count). The van der Waals surface area contributed by atoms with Crippen molar-refractivity contribution >= 4 is 6.03 Å².